The van der Waals surface area contributed by atoms with Gasteiger partial charge >= 0.3 is 12.1 Å². The van der Waals surface area contributed by atoms with E-state index in [-0.39, 0.29) is 24.4 Å². The van der Waals surface area contributed by atoms with E-state index in [9.17, 15) is 22.8 Å². The predicted molar refractivity (Wildman–Crippen MR) is 81.8 cm³/mol. The number of alkyl halides is 3. The number of piperazine rings is 2. The summed E-state index contributed by atoms with van der Waals surface area (Å²) in [4.78, 5) is 36.3. The summed E-state index contributed by atoms with van der Waals surface area (Å²) in [6, 6.07) is 1.79. The maximum Gasteiger partial charge on any atom is 0.490 e. The van der Waals surface area contributed by atoms with Crippen LogP contribution in [0.2, 0.25) is 0 Å². The first-order valence-electron chi connectivity index (χ1n) is 7.29. The average Bonchev–Trinajstić information content (AvgIpc) is 3.04. The van der Waals surface area contributed by atoms with Crippen molar-refractivity contribution in [3.05, 3.63) is 22.4 Å². The van der Waals surface area contributed by atoms with E-state index in [0.29, 0.717) is 13.1 Å². The molecule has 1 aromatic heterocycles. The maximum absolute atomic E-state index is 11.8. The lowest BCUT2D eigenvalue weighted by atomic mass is 10.1. The number of carbonyl (C=O) groups is 3. The number of hydrogen-bond acceptors (Lipinski definition) is 5. The van der Waals surface area contributed by atoms with E-state index < -0.39 is 12.1 Å². The fourth-order valence-corrected chi connectivity index (χ4v) is 3.19. The van der Waals surface area contributed by atoms with Crippen molar-refractivity contribution >= 4 is 29.1 Å². The van der Waals surface area contributed by atoms with Crippen molar-refractivity contribution in [1.82, 2.24) is 15.1 Å². The summed E-state index contributed by atoms with van der Waals surface area (Å²) >= 11 is 1.68. The number of fused-ring (bicyclic) bond motifs is 1. The van der Waals surface area contributed by atoms with E-state index >= 15 is 0 Å². The van der Waals surface area contributed by atoms with Gasteiger partial charge in [-0.1, -0.05) is 0 Å². The number of carboxylic acids is 1. The first-order chi connectivity index (χ1) is 11.7. The summed E-state index contributed by atoms with van der Waals surface area (Å²) in [6.45, 7) is 3.13. The molecule has 3 rings (SSSR count). The van der Waals surface area contributed by atoms with Gasteiger partial charge in [-0.2, -0.15) is 24.5 Å². The van der Waals surface area contributed by atoms with Crippen molar-refractivity contribution < 1.29 is 32.7 Å². The molecule has 0 spiro atoms. The Hall–Kier alpha value is -2.14. The van der Waals surface area contributed by atoms with E-state index in [1.54, 1.807) is 16.2 Å². The highest BCUT2D eigenvalue weighted by atomic mass is 32.1. The zero-order valence-corrected chi connectivity index (χ0v) is 13.8. The first kappa shape index (κ1) is 19.2. The van der Waals surface area contributed by atoms with Gasteiger partial charge in [0, 0.05) is 26.2 Å². The quantitative estimate of drug-likeness (QED) is 0.782. The van der Waals surface area contributed by atoms with E-state index in [2.05, 4.69) is 27.0 Å². The topological polar surface area (TPSA) is 89.9 Å². The average molecular weight is 379 g/mol. The molecule has 0 bridgehead atoms. The Morgan fingerprint density at radius 2 is 2.04 bits per heavy atom. The van der Waals surface area contributed by atoms with E-state index in [0.717, 1.165) is 13.1 Å². The molecule has 138 valence electrons. The molecule has 0 saturated carbocycles. The number of halogens is 3. The second-order valence-corrected chi connectivity index (χ2v) is 6.27. The third kappa shape index (κ3) is 5.16. The minimum Gasteiger partial charge on any atom is -0.475 e. The lowest BCUT2D eigenvalue weighted by molar-refractivity contribution is -0.192. The van der Waals surface area contributed by atoms with Crippen molar-refractivity contribution in [2.24, 2.45) is 0 Å². The monoisotopic (exact) mass is 379 g/mol. The number of hydrogen-bond donors (Lipinski definition) is 2. The van der Waals surface area contributed by atoms with Crippen LogP contribution >= 0.6 is 11.3 Å². The molecule has 0 radical (unpaired) electrons. The van der Waals surface area contributed by atoms with Crippen LogP contribution in [0.25, 0.3) is 0 Å². The fourth-order valence-electron chi connectivity index (χ4n) is 2.53. The smallest absolute Gasteiger partial charge is 0.475 e. The Morgan fingerprint density at radius 1 is 1.36 bits per heavy atom. The molecular formula is C14H16F3N3O4S. The molecule has 2 fully saturated rings. The predicted octanol–water partition coefficient (Wildman–Crippen LogP) is 0.524. The second kappa shape index (κ2) is 7.83. The molecule has 0 aromatic carbocycles. The van der Waals surface area contributed by atoms with Crippen molar-refractivity contribution in [3.63, 3.8) is 0 Å². The molecule has 7 nitrogen and oxygen atoms in total. The molecular weight excluding hydrogens is 363 g/mol. The minimum atomic E-state index is -5.08. The maximum atomic E-state index is 11.8. The molecule has 1 aromatic rings. The number of amides is 2. The summed E-state index contributed by atoms with van der Waals surface area (Å²) in [7, 11) is 0. The zero-order valence-electron chi connectivity index (χ0n) is 13.0. The molecule has 2 N–H and O–H groups in total. The normalized spacial score (nSPS) is 21.1. The van der Waals surface area contributed by atoms with Gasteiger partial charge in [0.25, 0.3) is 0 Å². The largest absolute Gasteiger partial charge is 0.490 e. The second-order valence-electron chi connectivity index (χ2n) is 5.49. The Bertz CT molecular complexity index is 636. The Kier molecular flexibility index (Phi) is 6.01. The highest BCUT2D eigenvalue weighted by Gasteiger charge is 2.39. The number of carbonyl (C=O) groups excluding carboxylic acids is 2. The molecule has 0 aliphatic carbocycles. The minimum absolute atomic E-state index is 0.0235. The van der Waals surface area contributed by atoms with Crippen molar-refractivity contribution in [3.8, 4) is 0 Å². The Labute approximate surface area is 145 Å². The number of carboxylic acid groups (broad SMARTS) is 1. The zero-order chi connectivity index (χ0) is 18.6. The van der Waals surface area contributed by atoms with Crippen LogP contribution in [-0.4, -0.2) is 71.1 Å². The third-order valence-electron chi connectivity index (χ3n) is 3.73. The molecule has 3 heterocycles. The van der Waals surface area contributed by atoms with Gasteiger partial charge in [-0.05, 0) is 22.4 Å². The number of rotatable bonds is 2. The van der Waals surface area contributed by atoms with Crippen molar-refractivity contribution in [2.45, 2.75) is 18.8 Å². The van der Waals surface area contributed by atoms with Crippen LogP contribution in [0.3, 0.4) is 0 Å². The first-order valence-corrected chi connectivity index (χ1v) is 8.23. The third-order valence-corrected chi connectivity index (χ3v) is 4.46. The van der Waals surface area contributed by atoms with Gasteiger partial charge in [0.15, 0.2) is 0 Å². The standard InChI is InChI=1S/C12H15N3O2S.C2HF3O2/c16-11-5-13-12(17)10-7-14(2-3-15(10)11)6-9-1-4-18-8-9;3-2(4,5)1(6)7/h1,4,8,10H,2-3,5-7H2,(H,13,17);(H,6,7). The summed E-state index contributed by atoms with van der Waals surface area (Å²) in [6.07, 6.45) is -5.08. The number of nitrogens with zero attached hydrogens (tertiary/aromatic N) is 2. The Balaban J connectivity index is 0.000000277. The molecule has 2 amide bonds. The van der Waals surface area contributed by atoms with Gasteiger partial charge in [0.1, 0.15) is 6.04 Å². The van der Waals surface area contributed by atoms with E-state index in [4.69, 9.17) is 9.90 Å². The molecule has 25 heavy (non-hydrogen) atoms. The van der Waals surface area contributed by atoms with Crippen molar-refractivity contribution in [1.29, 1.82) is 0 Å². The number of thiophene rings is 1. The molecule has 2 saturated heterocycles. The highest BCUT2D eigenvalue weighted by molar-refractivity contribution is 7.07. The lowest BCUT2D eigenvalue weighted by Gasteiger charge is -2.42. The highest BCUT2D eigenvalue weighted by Crippen LogP contribution is 2.17. The van der Waals surface area contributed by atoms with Crippen LogP contribution < -0.4 is 5.32 Å². The molecule has 1 atom stereocenters. The van der Waals surface area contributed by atoms with Crippen LogP contribution in [0, 0.1) is 0 Å². The van der Waals surface area contributed by atoms with E-state index in [1.165, 1.54) is 5.56 Å². The number of nitrogens with one attached hydrogen (secondary N) is 1. The SMILES string of the molecule is O=C(O)C(F)(F)F.O=C1NCC(=O)N2CCN(Cc3ccsc3)CC12. The van der Waals surface area contributed by atoms with Gasteiger partial charge in [-0.15, -0.1) is 0 Å². The van der Waals surface area contributed by atoms with Gasteiger partial charge in [-0.3, -0.25) is 14.5 Å². The molecule has 1 unspecified atom stereocenters. The van der Waals surface area contributed by atoms with Gasteiger partial charge in [0.2, 0.25) is 11.8 Å². The lowest BCUT2D eigenvalue weighted by Crippen LogP contribution is -2.65. The van der Waals surface area contributed by atoms with Gasteiger partial charge in [0.05, 0.1) is 6.54 Å². The van der Waals surface area contributed by atoms with Gasteiger partial charge in [-0.25, -0.2) is 4.79 Å². The summed E-state index contributed by atoms with van der Waals surface area (Å²) in [5, 5.41) is 14.0. The summed E-state index contributed by atoms with van der Waals surface area (Å²) in [5.74, 6) is -2.74. The van der Waals surface area contributed by atoms with Crippen LogP contribution in [0.1, 0.15) is 5.56 Å². The Morgan fingerprint density at radius 3 is 2.60 bits per heavy atom. The fraction of sp³-hybridized carbons (Fsp3) is 0.500. The van der Waals surface area contributed by atoms with Crippen LogP contribution in [0.15, 0.2) is 16.8 Å². The summed E-state index contributed by atoms with van der Waals surface area (Å²) < 4.78 is 31.7. The van der Waals surface area contributed by atoms with Crippen LogP contribution in [-0.2, 0) is 20.9 Å². The van der Waals surface area contributed by atoms with Crippen LogP contribution in [0.5, 0.6) is 0 Å². The molecule has 2 aliphatic heterocycles. The molecule has 2 aliphatic rings. The van der Waals surface area contributed by atoms with Crippen LogP contribution in [0.4, 0.5) is 13.2 Å². The van der Waals surface area contributed by atoms with Gasteiger partial charge < -0.3 is 15.3 Å². The van der Waals surface area contributed by atoms with Crippen molar-refractivity contribution in [2.75, 3.05) is 26.2 Å². The van der Waals surface area contributed by atoms with E-state index in [1.807, 2.05) is 0 Å². The number of aliphatic carboxylic acids is 1. The summed E-state index contributed by atoms with van der Waals surface area (Å²) in [5.41, 5.74) is 1.27. The molecule has 11 heteroatoms.